The van der Waals surface area contributed by atoms with E-state index in [-0.39, 0.29) is 0 Å². The summed E-state index contributed by atoms with van der Waals surface area (Å²) in [5.74, 6) is 0.531. The van der Waals surface area contributed by atoms with Gasteiger partial charge in [0, 0.05) is 0 Å². The Morgan fingerprint density at radius 2 is 2.25 bits per heavy atom. The van der Waals surface area contributed by atoms with Gasteiger partial charge in [-0.1, -0.05) is 12.1 Å². The molecular formula is C8H8ClNOS. The minimum absolute atomic E-state index is 0.406. The minimum Gasteiger partial charge on any atom is -0.345 e. The van der Waals surface area contributed by atoms with Crippen molar-refractivity contribution >= 4 is 28.1 Å². The van der Waals surface area contributed by atoms with E-state index in [1.54, 1.807) is 0 Å². The number of nitrogens with zero attached hydrogens (tertiary/aromatic N) is 1. The molecule has 2 nitrogen and oxygen atoms in total. The summed E-state index contributed by atoms with van der Waals surface area (Å²) in [6, 6.07) is 8.07. The van der Waals surface area contributed by atoms with E-state index in [0.717, 1.165) is 10.6 Å². The molecule has 0 saturated heterocycles. The molecule has 0 N–H and O–H groups in total. The van der Waals surface area contributed by atoms with Crippen molar-refractivity contribution in [2.24, 2.45) is 0 Å². The van der Waals surface area contributed by atoms with Gasteiger partial charge in [-0.25, -0.2) is 0 Å². The lowest BCUT2D eigenvalue weighted by Crippen LogP contribution is -2.18. The Balaban J connectivity index is 2.50. The Morgan fingerprint density at radius 1 is 1.50 bits per heavy atom. The molecule has 12 heavy (non-hydrogen) atoms. The van der Waals surface area contributed by atoms with Gasteiger partial charge in [0.25, 0.3) is 0 Å². The predicted molar refractivity (Wildman–Crippen MR) is 50.9 cm³/mol. The standard InChI is InChI=1S/C8H8ClNOS/c9-5-10-6-12(11)8-4-2-1-3-7(8)10/h1-4H,5-6H2. The van der Waals surface area contributed by atoms with Crippen LogP contribution in [-0.2, 0) is 10.8 Å². The molecule has 1 unspecified atom stereocenters. The van der Waals surface area contributed by atoms with E-state index in [4.69, 9.17) is 11.6 Å². The van der Waals surface area contributed by atoms with Crippen LogP contribution in [0.2, 0.25) is 0 Å². The van der Waals surface area contributed by atoms with E-state index in [9.17, 15) is 4.21 Å². The Morgan fingerprint density at radius 3 is 3.00 bits per heavy atom. The number of hydrogen-bond acceptors (Lipinski definition) is 2. The zero-order valence-electron chi connectivity index (χ0n) is 6.37. The van der Waals surface area contributed by atoms with Crippen molar-refractivity contribution < 1.29 is 4.21 Å². The van der Waals surface area contributed by atoms with Gasteiger partial charge >= 0.3 is 0 Å². The third-order valence-corrected chi connectivity index (χ3v) is 3.54. The highest BCUT2D eigenvalue weighted by Crippen LogP contribution is 2.30. The van der Waals surface area contributed by atoms with Gasteiger partial charge in [0.15, 0.2) is 0 Å². The van der Waals surface area contributed by atoms with Crippen molar-refractivity contribution in [3.63, 3.8) is 0 Å². The number of fused-ring (bicyclic) bond motifs is 1. The van der Waals surface area contributed by atoms with Gasteiger partial charge in [0.05, 0.1) is 33.3 Å². The average Bonchev–Trinajstić information content (AvgIpc) is 2.44. The van der Waals surface area contributed by atoms with Crippen molar-refractivity contribution in [2.75, 3.05) is 16.8 Å². The molecule has 64 valence electrons. The van der Waals surface area contributed by atoms with E-state index in [0.29, 0.717) is 11.9 Å². The van der Waals surface area contributed by atoms with E-state index < -0.39 is 10.8 Å². The summed E-state index contributed by atoms with van der Waals surface area (Å²) >= 11 is 5.69. The second-order valence-corrected chi connectivity index (χ2v) is 4.23. The molecule has 2 rings (SSSR count). The molecule has 1 aromatic rings. The summed E-state index contributed by atoms with van der Waals surface area (Å²) in [4.78, 5) is 2.81. The lowest BCUT2D eigenvalue weighted by atomic mass is 10.3. The number of para-hydroxylation sites is 1. The van der Waals surface area contributed by atoms with Crippen molar-refractivity contribution in [1.82, 2.24) is 0 Å². The van der Waals surface area contributed by atoms with Crippen LogP contribution >= 0.6 is 11.6 Å². The van der Waals surface area contributed by atoms with Crippen LogP contribution in [0.4, 0.5) is 5.69 Å². The van der Waals surface area contributed by atoms with Gasteiger partial charge in [-0.2, -0.15) is 0 Å². The molecule has 0 saturated carbocycles. The van der Waals surface area contributed by atoms with Gasteiger partial charge < -0.3 is 4.90 Å². The monoisotopic (exact) mass is 201 g/mol. The van der Waals surface area contributed by atoms with Gasteiger partial charge in [0.1, 0.15) is 0 Å². The van der Waals surface area contributed by atoms with E-state index in [2.05, 4.69) is 0 Å². The summed E-state index contributed by atoms with van der Waals surface area (Å²) < 4.78 is 11.4. The molecule has 1 atom stereocenters. The predicted octanol–water partition coefficient (Wildman–Crippen LogP) is 1.77. The Hall–Kier alpha value is -0.540. The van der Waals surface area contributed by atoms with Crippen molar-refractivity contribution in [1.29, 1.82) is 0 Å². The molecule has 0 aliphatic carbocycles. The van der Waals surface area contributed by atoms with Crippen LogP contribution in [-0.4, -0.2) is 16.1 Å². The Kier molecular flexibility index (Phi) is 2.07. The molecule has 1 heterocycles. The first-order valence-corrected chi connectivity index (χ1v) is 5.46. The summed E-state index contributed by atoms with van der Waals surface area (Å²) in [5.41, 5.74) is 1.01. The van der Waals surface area contributed by atoms with Gasteiger partial charge in [-0.05, 0) is 12.1 Å². The summed E-state index contributed by atoms with van der Waals surface area (Å²) in [5, 5.41) is 0. The molecule has 4 heteroatoms. The number of anilines is 1. The molecule has 0 bridgehead atoms. The zero-order chi connectivity index (χ0) is 8.55. The number of benzene rings is 1. The molecule has 1 aliphatic heterocycles. The van der Waals surface area contributed by atoms with E-state index in [1.165, 1.54) is 0 Å². The van der Waals surface area contributed by atoms with Crippen molar-refractivity contribution in [3.05, 3.63) is 24.3 Å². The van der Waals surface area contributed by atoms with Crippen molar-refractivity contribution in [2.45, 2.75) is 4.90 Å². The molecule has 1 aromatic carbocycles. The second-order valence-electron chi connectivity index (χ2n) is 2.60. The van der Waals surface area contributed by atoms with E-state index >= 15 is 0 Å². The maximum Gasteiger partial charge on any atom is 0.0997 e. The molecule has 0 radical (unpaired) electrons. The zero-order valence-corrected chi connectivity index (χ0v) is 7.94. The number of hydrogen-bond donors (Lipinski definition) is 0. The van der Waals surface area contributed by atoms with Crippen LogP contribution in [0.25, 0.3) is 0 Å². The van der Waals surface area contributed by atoms with Crippen LogP contribution < -0.4 is 4.90 Å². The molecule has 1 aliphatic rings. The van der Waals surface area contributed by atoms with Crippen LogP contribution in [0, 0.1) is 0 Å². The highest BCUT2D eigenvalue weighted by atomic mass is 35.5. The highest BCUT2D eigenvalue weighted by molar-refractivity contribution is 7.85. The second kappa shape index (κ2) is 3.07. The third-order valence-electron chi connectivity index (χ3n) is 1.87. The Labute approximate surface area is 78.6 Å². The van der Waals surface area contributed by atoms with Crippen molar-refractivity contribution in [3.8, 4) is 0 Å². The quantitative estimate of drug-likeness (QED) is 0.510. The van der Waals surface area contributed by atoms with Gasteiger partial charge in [-0.3, -0.25) is 4.21 Å². The Bertz CT molecular complexity index is 329. The fraction of sp³-hybridized carbons (Fsp3) is 0.250. The number of alkyl halides is 1. The fourth-order valence-corrected chi connectivity index (χ4v) is 2.92. The fourth-order valence-electron chi connectivity index (χ4n) is 1.29. The molecule has 0 spiro atoms. The average molecular weight is 202 g/mol. The third kappa shape index (κ3) is 1.13. The molecular weight excluding hydrogens is 194 g/mol. The van der Waals surface area contributed by atoms with Crippen LogP contribution in [0.15, 0.2) is 29.2 Å². The summed E-state index contributed by atoms with van der Waals surface area (Å²) in [6.45, 7) is 0. The smallest absolute Gasteiger partial charge is 0.0997 e. The first-order valence-electron chi connectivity index (χ1n) is 3.61. The van der Waals surface area contributed by atoms with Gasteiger partial charge in [-0.15, -0.1) is 11.6 Å². The minimum atomic E-state index is -0.886. The van der Waals surface area contributed by atoms with Crippen LogP contribution in [0.1, 0.15) is 0 Å². The first-order chi connectivity index (χ1) is 5.83. The first kappa shape index (κ1) is 8.08. The lowest BCUT2D eigenvalue weighted by molar-refractivity contribution is 0.685. The molecule has 0 amide bonds. The molecule has 0 fully saturated rings. The summed E-state index contributed by atoms with van der Waals surface area (Å²) in [7, 11) is -0.886. The van der Waals surface area contributed by atoms with E-state index in [1.807, 2.05) is 29.2 Å². The maximum absolute atomic E-state index is 11.4. The normalized spacial score (nSPS) is 21.1. The topological polar surface area (TPSA) is 20.3 Å². The van der Waals surface area contributed by atoms with Crippen LogP contribution in [0.5, 0.6) is 0 Å². The van der Waals surface area contributed by atoms with Crippen LogP contribution in [0.3, 0.4) is 0 Å². The molecule has 0 aromatic heterocycles. The summed E-state index contributed by atoms with van der Waals surface area (Å²) in [6.07, 6.45) is 0. The number of halogens is 1. The highest BCUT2D eigenvalue weighted by Gasteiger charge is 2.23. The largest absolute Gasteiger partial charge is 0.345 e. The lowest BCUT2D eigenvalue weighted by Gasteiger charge is -2.12. The SMILES string of the molecule is O=S1CN(CCl)c2ccccc21. The maximum atomic E-state index is 11.4. The van der Waals surface area contributed by atoms with Gasteiger partial charge in [0.2, 0.25) is 0 Å². The number of rotatable bonds is 1.